The average Bonchev–Trinajstić information content (AvgIpc) is 2.93. The van der Waals surface area contributed by atoms with Crippen molar-refractivity contribution in [3.63, 3.8) is 0 Å². The van der Waals surface area contributed by atoms with E-state index in [1.54, 1.807) is 20.8 Å². The van der Waals surface area contributed by atoms with E-state index in [1.165, 1.54) is 27.9 Å². The van der Waals surface area contributed by atoms with Crippen molar-refractivity contribution in [1.29, 1.82) is 0 Å². The van der Waals surface area contributed by atoms with E-state index in [-0.39, 0.29) is 13.2 Å². The molecule has 1 saturated heterocycles. The predicted octanol–water partition coefficient (Wildman–Crippen LogP) is 0.589. The van der Waals surface area contributed by atoms with Gasteiger partial charge in [-0.1, -0.05) is 6.92 Å². The van der Waals surface area contributed by atoms with Gasteiger partial charge in [0, 0.05) is 13.7 Å². The smallest absolute Gasteiger partial charge is 0.197 e. The molecule has 9 N–H and O–H groups in total. The lowest BCUT2D eigenvalue weighted by Gasteiger charge is -2.65. The van der Waals surface area contributed by atoms with Gasteiger partial charge in [0.15, 0.2) is 11.6 Å². The Kier molecular flexibility index (Phi) is 15.2. The summed E-state index contributed by atoms with van der Waals surface area (Å²) >= 11 is 0. The standard InChI is InChI=1S/C30H64N4O8/c1-10-25(3)27(5,36)28(6,37)29(7,38)30(8,42-25)40-23-24(2,41-26(4,22-35)39-9)21-34-20-14-19-33-17-12-11-16-32-18-13-15-31/h32-38H,10-23,31H2,1-9H3. The minimum absolute atomic E-state index is 0.0822. The zero-order valence-electron chi connectivity index (χ0n) is 27.9. The first kappa shape index (κ1) is 39.5. The molecule has 0 aromatic heterocycles. The van der Waals surface area contributed by atoms with Crippen molar-refractivity contribution in [2.24, 2.45) is 5.73 Å². The van der Waals surface area contributed by atoms with Gasteiger partial charge in [-0.05, 0) is 120 Å². The van der Waals surface area contributed by atoms with Crippen molar-refractivity contribution >= 4 is 0 Å². The summed E-state index contributed by atoms with van der Waals surface area (Å²) in [7, 11) is 1.45. The maximum atomic E-state index is 11.6. The normalized spacial score (nSPS) is 34.7. The van der Waals surface area contributed by atoms with Crippen molar-refractivity contribution in [1.82, 2.24) is 16.0 Å². The summed E-state index contributed by atoms with van der Waals surface area (Å²) < 4.78 is 24.3. The van der Waals surface area contributed by atoms with Crippen LogP contribution in [0.1, 0.15) is 87.5 Å². The van der Waals surface area contributed by atoms with Crippen LogP contribution >= 0.6 is 0 Å². The lowest BCUT2D eigenvalue weighted by atomic mass is 9.60. The Morgan fingerprint density at radius 1 is 0.786 bits per heavy atom. The molecule has 42 heavy (non-hydrogen) atoms. The van der Waals surface area contributed by atoms with Crippen LogP contribution in [0.15, 0.2) is 0 Å². The highest BCUT2D eigenvalue weighted by molar-refractivity contribution is 5.21. The molecule has 12 heteroatoms. The maximum absolute atomic E-state index is 11.6. The molecule has 7 unspecified atom stereocenters. The van der Waals surface area contributed by atoms with Crippen LogP contribution in [-0.4, -0.2) is 126 Å². The second-order valence-electron chi connectivity index (χ2n) is 13.1. The maximum Gasteiger partial charge on any atom is 0.197 e. The summed E-state index contributed by atoms with van der Waals surface area (Å²) in [6.45, 7) is 17.9. The monoisotopic (exact) mass is 608 g/mol. The van der Waals surface area contributed by atoms with Crippen molar-refractivity contribution < 1.29 is 39.4 Å². The Balaban J connectivity index is 2.82. The summed E-state index contributed by atoms with van der Waals surface area (Å²) in [5.74, 6) is -3.02. The number of hydrogen-bond acceptors (Lipinski definition) is 12. The molecule has 1 heterocycles. The molecule has 1 fully saturated rings. The van der Waals surface area contributed by atoms with Crippen molar-refractivity contribution in [2.75, 3.05) is 66.1 Å². The van der Waals surface area contributed by atoms with E-state index in [9.17, 15) is 20.4 Å². The third-order valence-electron chi connectivity index (χ3n) is 9.46. The molecule has 0 spiro atoms. The largest absolute Gasteiger partial charge is 0.391 e. The second kappa shape index (κ2) is 16.2. The van der Waals surface area contributed by atoms with Crippen LogP contribution in [0.2, 0.25) is 0 Å². The third kappa shape index (κ3) is 9.27. The minimum Gasteiger partial charge on any atom is -0.391 e. The SMILES string of the molecule is CCC1(C)OC(C)(OCC(C)(CNCCCNCCCCNCCCN)OC(C)(CO)OC)C(C)(O)C(C)(O)C1(C)O. The van der Waals surface area contributed by atoms with Gasteiger partial charge < -0.3 is 61.1 Å². The zero-order valence-corrected chi connectivity index (χ0v) is 27.9. The van der Waals surface area contributed by atoms with Crippen LogP contribution in [0.4, 0.5) is 0 Å². The molecule has 7 atom stereocenters. The van der Waals surface area contributed by atoms with Gasteiger partial charge in [0.2, 0.25) is 0 Å². The summed E-state index contributed by atoms with van der Waals surface area (Å²) in [4.78, 5) is 0. The van der Waals surface area contributed by atoms with Gasteiger partial charge >= 0.3 is 0 Å². The van der Waals surface area contributed by atoms with Crippen molar-refractivity contribution in [2.45, 2.75) is 127 Å². The first-order chi connectivity index (χ1) is 19.4. The fourth-order valence-electron chi connectivity index (χ4n) is 5.38. The lowest BCUT2D eigenvalue weighted by molar-refractivity contribution is -0.459. The first-order valence-corrected chi connectivity index (χ1v) is 15.6. The Morgan fingerprint density at radius 3 is 1.81 bits per heavy atom. The molecular weight excluding hydrogens is 544 g/mol. The average molecular weight is 609 g/mol. The van der Waals surface area contributed by atoms with Crippen LogP contribution in [0.25, 0.3) is 0 Å². The molecule has 252 valence electrons. The van der Waals surface area contributed by atoms with E-state index in [1.807, 2.05) is 13.8 Å². The molecule has 0 amide bonds. The molecular formula is C30H64N4O8. The predicted molar refractivity (Wildman–Crippen MR) is 164 cm³/mol. The van der Waals surface area contributed by atoms with Gasteiger partial charge in [0.1, 0.15) is 22.4 Å². The number of hydrogen-bond donors (Lipinski definition) is 8. The van der Waals surface area contributed by atoms with Crippen LogP contribution in [0, 0.1) is 0 Å². The van der Waals surface area contributed by atoms with Gasteiger partial charge in [0.25, 0.3) is 0 Å². The van der Waals surface area contributed by atoms with Crippen LogP contribution in [0.5, 0.6) is 0 Å². The topological polar surface area (TPSA) is 180 Å². The highest BCUT2D eigenvalue weighted by atomic mass is 16.8. The molecule has 1 rings (SSSR count). The second-order valence-corrected chi connectivity index (χ2v) is 13.1. The Hall–Kier alpha value is -0.480. The Morgan fingerprint density at radius 2 is 1.31 bits per heavy atom. The number of ether oxygens (including phenoxy) is 4. The molecule has 0 aromatic rings. The molecule has 0 bridgehead atoms. The summed E-state index contributed by atoms with van der Waals surface area (Å²) in [6, 6.07) is 0. The van der Waals surface area contributed by atoms with Gasteiger partial charge in [-0.3, -0.25) is 0 Å². The van der Waals surface area contributed by atoms with Crippen molar-refractivity contribution in [3.8, 4) is 0 Å². The number of nitrogens with two attached hydrogens (primary N) is 1. The molecule has 1 aliphatic rings. The molecule has 0 aromatic carbocycles. The van der Waals surface area contributed by atoms with Gasteiger partial charge in [0.05, 0.1) is 18.8 Å². The number of rotatable bonds is 22. The number of nitrogens with one attached hydrogen (secondary N) is 3. The molecule has 12 nitrogen and oxygen atoms in total. The van der Waals surface area contributed by atoms with E-state index < -0.39 is 39.6 Å². The van der Waals surface area contributed by atoms with Gasteiger partial charge in [-0.25, -0.2) is 0 Å². The van der Waals surface area contributed by atoms with Crippen LogP contribution in [-0.2, 0) is 18.9 Å². The van der Waals surface area contributed by atoms with E-state index in [4.69, 9.17) is 24.7 Å². The van der Waals surface area contributed by atoms with E-state index in [0.717, 1.165) is 58.4 Å². The van der Waals surface area contributed by atoms with Crippen molar-refractivity contribution in [3.05, 3.63) is 0 Å². The Labute approximate surface area is 254 Å². The molecule has 1 aliphatic heterocycles. The molecule has 0 aliphatic carbocycles. The van der Waals surface area contributed by atoms with Crippen LogP contribution < -0.4 is 21.7 Å². The van der Waals surface area contributed by atoms with E-state index in [0.29, 0.717) is 19.5 Å². The third-order valence-corrected chi connectivity index (χ3v) is 9.46. The summed E-state index contributed by atoms with van der Waals surface area (Å²) in [5, 5.41) is 54.7. The minimum atomic E-state index is -2.01. The summed E-state index contributed by atoms with van der Waals surface area (Å²) in [5.41, 5.74) is -2.56. The highest BCUT2D eigenvalue weighted by Crippen LogP contribution is 2.55. The molecule has 0 radical (unpaired) electrons. The number of aliphatic hydroxyl groups is 4. The quantitative estimate of drug-likeness (QED) is 0.0634. The van der Waals surface area contributed by atoms with E-state index in [2.05, 4.69) is 16.0 Å². The fraction of sp³-hybridized carbons (Fsp3) is 1.00. The fourth-order valence-corrected chi connectivity index (χ4v) is 5.38. The van der Waals surface area contributed by atoms with Crippen LogP contribution in [0.3, 0.4) is 0 Å². The Bertz CT molecular complexity index is 782. The van der Waals surface area contributed by atoms with E-state index >= 15 is 0 Å². The summed E-state index contributed by atoms with van der Waals surface area (Å²) in [6.07, 6.45) is 4.48. The first-order valence-electron chi connectivity index (χ1n) is 15.6. The van der Waals surface area contributed by atoms with Gasteiger partial charge in [-0.15, -0.1) is 0 Å². The van der Waals surface area contributed by atoms with Gasteiger partial charge in [-0.2, -0.15) is 0 Å². The number of methoxy groups -OCH3 is 1. The highest BCUT2D eigenvalue weighted by Gasteiger charge is 2.74. The number of aliphatic hydroxyl groups excluding tert-OH is 1. The zero-order chi connectivity index (χ0) is 32.3. The molecule has 0 saturated carbocycles. The lowest BCUT2D eigenvalue weighted by Crippen LogP contribution is -2.84. The number of unbranched alkanes of at least 4 members (excludes halogenated alkanes) is 1.